The average molecular weight is 304 g/mol. The molecular weight excluding hydrogens is 288 g/mol. The summed E-state index contributed by atoms with van der Waals surface area (Å²) < 4.78 is 0. The number of aryl methyl sites for hydroxylation is 1. The summed E-state index contributed by atoms with van der Waals surface area (Å²) in [7, 11) is 0. The zero-order valence-corrected chi connectivity index (χ0v) is 12.8. The number of carbonyl (C=O) groups excluding carboxylic acids is 2. The molecule has 0 saturated carbocycles. The molecule has 0 aliphatic carbocycles. The lowest BCUT2D eigenvalue weighted by Crippen LogP contribution is -2.18. The van der Waals surface area contributed by atoms with E-state index >= 15 is 0 Å². The lowest BCUT2D eigenvalue weighted by molar-refractivity contribution is -0.118. The molecule has 2 rings (SSSR count). The van der Waals surface area contributed by atoms with Crippen molar-refractivity contribution in [3.63, 3.8) is 0 Å². The smallest absolute Gasteiger partial charge is 0.257 e. The molecule has 0 radical (unpaired) electrons. The SMILES string of the molecule is Cc1nnc(NC(=O)c2ccc(NC(=O)C(C)C)cc2)s1. The van der Waals surface area contributed by atoms with Crippen molar-refractivity contribution in [2.75, 3.05) is 10.6 Å². The molecule has 2 N–H and O–H groups in total. The second-order valence-electron chi connectivity index (χ2n) is 4.80. The van der Waals surface area contributed by atoms with Crippen LogP contribution >= 0.6 is 11.3 Å². The molecule has 2 aromatic rings. The van der Waals surface area contributed by atoms with Crippen molar-refractivity contribution in [1.29, 1.82) is 0 Å². The van der Waals surface area contributed by atoms with Crippen LogP contribution in [0.15, 0.2) is 24.3 Å². The van der Waals surface area contributed by atoms with E-state index in [0.717, 1.165) is 5.01 Å². The lowest BCUT2D eigenvalue weighted by atomic mass is 10.1. The van der Waals surface area contributed by atoms with Gasteiger partial charge >= 0.3 is 0 Å². The fraction of sp³-hybridized carbons (Fsp3) is 0.286. The topological polar surface area (TPSA) is 84.0 Å². The number of hydrogen-bond acceptors (Lipinski definition) is 5. The molecule has 7 heteroatoms. The van der Waals surface area contributed by atoms with Gasteiger partial charge in [-0.15, -0.1) is 10.2 Å². The Morgan fingerprint density at radius 1 is 1.10 bits per heavy atom. The lowest BCUT2D eigenvalue weighted by Gasteiger charge is -2.08. The first kappa shape index (κ1) is 15.1. The van der Waals surface area contributed by atoms with Crippen LogP contribution in [0.2, 0.25) is 0 Å². The van der Waals surface area contributed by atoms with Crippen molar-refractivity contribution >= 4 is 34.0 Å². The van der Waals surface area contributed by atoms with Crippen molar-refractivity contribution < 1.29 is 9.59 Å². The van der Waals surface area contributed by atoms with Gasteiger partial charge in [-0.1, -0.05) is 25.2 Å². The Hall–Kier alpha value is -2.28. The van der Waals surface area contributed by atoms with Crippen molar-refractivity contribution in [3.8, 4) is 0 Å². The molecule has 0 aliphatic heterocycles. The van der Waals surface area contributed by atoms with Crippen LogP contribution < -0.4 is 10.6 Å². The minimum atomic E-state index is -0.257. The quantitative estimate of drug-likeness (QED) is 0.909. The van der Waals surface area contributed by atoms with Crippen molar-refractivity contribution in [3.05, 3.63) is 34.8 Å². The van der Waals surface area contributed by atoms with Gasteiger partial charge in [-0.25, -0.2) is 0 Å². The van der Waals surface area contributed by atoms with E-state index in [0.29, 0.717) is 16.4 Å². The van der Waals surface area contributed by atoms with Crippen molar-refractivity contribution in [2.24, 2.45) is 5.92 Å². The predicted octanol–water partition coefficient (Wildman–Crippen LogP) is 2.69. The van der Waals surface area contributed by atoms with E-state index in [1.54, 1.807) is 24.3 Å². The van der Waals surface area contributed by atoms with E-state index in [2.05, 4.69) is 20.8 Å². The Labute approximate surface area is 126 Å². The summed E-state index contributed by atoms with van der Waals surface area (Å²) in [4.78, 5) is 23.6. The summed E-state index contributed by atoms with van der Waals surface area (Å²) in [6, 6.07) is 6.69. The molecule has 0 fully saturated rings. The predicted molar refractivity (Wildman–Crippen MR) is 82.5 cm³/mol. The number of nitrogens with zero attached hydrogens (tertiary/aromatic N) is 2. The highest BCUT2D eigenvalue weighted by atomic mass is 32.1. The first-order valence-electron chi connectivity index (χ1n) is 6.48. The van der Waals surface area contributed by atoms with E-state index in [1.165, 1.54) is 11.3 Å². The molecule has 0 unspecified atom stereocenters. The van der Waals surface area contributed by atoms with Crippen LogP contribution in [0.5, 0.6) is 0 Å². The van der Waals surface area contributed by atoms with Gasteiger partial charge in [0.05, 0.1) is 0 Å². The highest BCUT2D eigenvalue weighted by Gasteiger charge is 2.10. The number of anilines is 2. The summed E-state index contributed by atoms with van der Waals surface area (Å²) in [5.74, 6) is -0.405. The molecule has 2 amide bonds. The Balaban J connectivity index is 2.01. The van der Waals surface area contributed by atoms with Gasteiger partial charge < -0.3 is 5.32 Å². The molecule has 0 saturated heterocycles. The van der Waals surface area contributed by atoms with E-state index in [1.807, 2.05) is 20.8 Å². The highest BCUT2D eigenvalue weighted by molar-refractivity contribution is 7.15. The molecule has 6 nitrogen and oxygen atoms in total. The molecule has 1 heterocycles. The summed E-state index contributed by atoms with van der Waals surface area (Å²) >= 11 is 1.31. The van der Waals surface area contributed by atoms with Crippen LogP contribution in [0.25, 0.3) is 0 Å². The molecule has 110 valence electrons. The van der Waals surface area contributed by atoms with Crippen LogP contribution in [0.3, 0.4) is 0 Å². The minimum Gasteiger partial charge on any atom is -0.326 e. The molecule has 1 aromatic heterocycles. The van der Waals surface area contributed by atoms with Gasteiger partial charge in [-0.2, -0.15) is 0 Å². The van der Waals surface area contributed by atoms with E-state index in [4.69, 9.17) is 0 Å². The molecule has 21 heavy (non-hydrogen) atoms. The number of carbonyl (C=O) groups is 2. The van der Waals surface area contributed by atoms with Gasteiger partial charge in [-0.05, 0) is 31.2 Å². The molecule has 0 atom stereocenters. The third kappa shape index (κ3) is 4.09. The summed E-state index contributed by atoms with van der Waals surface area (Å²) in [6.07, 6.45) is 0. The van der Waals surface area contributed by atoms with Crippen molar-refractivity contribution in [2.45, 2.75) is 20.8 Å². The maximum Gasteiger partial charge on any atom is 0.257 e. The van der Waals surface area contributed by atoms with Gasteiger partial charge in [0, 0.05) is 17.2 Å². The van der Waals surface area contributed by atoms with Crippen LogP contribution in [0.4, 0.5) is 10.8 Å². The standard InChI is InChI=1S/C14H16N4O2S/c1-8(2)12(19)15-11-6-4-10(5-7-11)13(20)16-14-18-17-9(3)21-14/h4-8H,1-3H3,(H,15,19)(H,16,18,20). The maximum absolute atomic E-state index is 12.0. The van der Waals surface area contributed by atoms with Gasteiger partial charge in [0.25, 0.3) is 5.91 Å². The zero-order chi connectivity index (χ0) is 15.4. The van der Waals surface area contributed by atoms with Gasteiger partial charge in [-0.3, -0.25) is 14.9 Å². The Morgan fingerprint density at radius 3 is 2.29 bits per heavy atom. The Kier molecular flexibility index (Phi) is 4.64. The first-order chi connectivity index (χ1) is 9.95. The third-order valence-corrected chi connectivity index (χ3v) is 3.44. The number of hydrogen-bond donors (Lipinski definition) is 2. The Bertz CT molecular complexity index is 649. The summed E-state index contributed by atoms with van der Waals surface area (Å²) in [6.45, 7) is 5.46. The molecular formula is C14H16N4O2S. The fourth-order valence-corrected chi connectivity index (χ4v) is 2.09. The molecule has 0 aliphatic rings. The van der Waals surface area contributed by atoms with E-state index in [9.17, 15) is 9.59 Å². The van der Waals surface area contributed by atoms with Gasteiger partial charge in [0.2, 0.25) is 11.0 Å². The van der Waals surface area contributed by atoms with Gasteiger partial charge in [0.1, 0.15) is 5.01 Å². The second-order valence-corrected chi connectivity index (χ2v) is 5.98. The largest absolute Gasteiger partial charge is 0.326 e. The minimum absolute atomic E-state index is 0.0588. The second kappa shape index (κ2) is 6.45. The average Bonchev–Trinajstić information content (AvgIpc) is 2.84. The number of aromatic nitrogens is 2. The number of benzene rings is 1. The number of rotatable bonds is 4. The molecule has 1 aromatic carbocycles. The van der Waals surface area contributed by atoms with E-state index in [-0.39, 0.29) is 17.7 Å². The summed E-state index contributed by atoms with van der Waals surface area (Å²) in [5.41, 5.74) is 1.16. The van der Waals surface area contributed by atoms with Crippen LogP contribution in [0.1, 0.15) is 29.2 Å². The van der Waals surface area contributed by atoms with Crippen molar-refractivity contribution in [1.82, 2.24) is 10.2 Å². The van der Waals surface area contributed by atoms with Crippen LogP contribution in [-0.2, 0) is 4.79 Å². The highest BCUT2D eigenvalue weighted by Crippen LogP contribution is 2.16. The third-order valence-electron chi connectivity index (χ3n) is 2.69. The monoisotopic (exact) mass is 304 g/mol. The maximum atomic E-state index is 12.0. The normalized spacial score (nSPS) is 10.5. The van der Waals surface area contributed by atoms with E-state index < -0.39 is 0 Å². The summed E-state index contributed by atoms with van der Waals surface area (Å²) in [5, 5.41) is 14.4. The first-order valence-corrected chi connectivity index (χ1v) is 7.29. The van der Waals surface area contributed by atoms with Crippen LogP contribution in [-0.4, -0.2) is 22.0 Å². The molecule has 0 bridgehead atoms. The molecule has 0 spiro atoms. The van der Waals surface area contributed by atoms with Gasteiger partial charge in [0.15, 0.2) is 0 Å². The number of nitrogens with one attached hydrogen (secondary N) is 2. The number of amides is 2. The fourth-order valence-electron chi connectivity index (χ4n) is 1.51. The Morgan fingerprint density at radius 2 is 1.76 bits per heavy atom. The zero-order valence-electron chi connectivity index (χ0n) is 12.0. The van der Waals surface area contributed by atoms with Crippen LogP contribution in [0, 0.1) is 12.8 Å².